The molecule has 14 heavy (non-hydrogen) atoms. The van der Waals surface area contributed by atoms with Crippen LogP contribution in [0.25, 0.3) is 0 Å². The topological polar surface area (TPSA) is 57.8 Å². The van der Waals surface area contributed by atoms with Crippen molar-refractivity contribution < 1.29 is 4.79 Å². The van der Waals surface area contributed by atoms with Crippen LogP contribution >= 0.6 is 0 Å². The van der Waals surface area contributed by atoms with Crippen molar-refractivity contribution in [3.05, 3.63) is 17.2 Å². The number of imidazole rings is 1. The van der Waals surface area contributed by atoms with Crippen molar-refractivity contribution in [2.45, 2.75) is 26.2 Å². The standard InChI is InChI=1S/C10H17N3O/c1-7(2)10-12-8(4-5-11-3)9(6-14)13-10/h6-7,11H,4-5H2,1-3H3,(H,12,13). The number of nitrogens with zero attached hydrogens (tertiary/aromatic N) is 1. The minimum absolute atomic E-state index is 0.331. The first-order valence-corrected chi connectivity index (χ1v) is 4.87. The summed E-state index contributed by atoms with van der Waals surface area (Å²) >= 11 is 0. The molecule has 0 aliphatic carbocycles. The molecule has 0 aliphatic heterocycles. The average molecular weight is 195 g/mol. The molecule has 0 fully saturated rings. The number of aromatic amines is 1. The van der Waals surface area contributed by atoms with Crippen molar-refractivity contribution in [3.8, 4) is 0 Å². The Morgan fingerprint density at radius 1 is 1.57 bits per heavy atom. The van der Waals surface area contributed by atoms with Crippen molar-refractivity contribution >= 4 is 6.29 Å². The molecule has 4 heteroatoms. The number of nitrogens with one attached hydrogen (secondary N) is 2. The molecule has 2 N–H and O–H groups in total. The molecular weight excluding hydrogens is 178 g/mol. The summed E-state index contributed by atoms with van der Waals surface area (Å²) in [7, 11) is 1.89. The van der Waals surface area contributed by atoms with Gasteiger partial charge in [0.1, 0.15) is 11.5 Å². The van der Waals surface area contributed by atoms with E-state index >= 15 is 0 Å². The third-order valence-corrected chi connectivity index (χ3v) is 2.11. The minimum atomic E-state index is 0.331. The first kappa shape index (κ1) is 10.9. The van der Waals surface area contributed by atoms with Crippen molar-refractivity contribution in [3.63, 3.8) is 0 Å². The molecule has 1 aromatic rings. The summed E-state index contributed by atoms with van der Waals surface area (Å²) in [5.41, 5.74) is 1.47. The molecular formula is C10H17N3O. The Bertz CT molecular complexity index is 304. The maximum absolute atomic E-state index is 10.7. The lowest BCUT2D eigenvalue weighted by molar-refractivity contribution is 0.111. The van der Waals surface area contributed by atoms with E-state index in [-0.39, 0.29) is 0 Å². The number of aromatic nitrogens is 2. The van der Waals surface area contributed by atoms with Crippen molar-refractivity contribution in [2.75, 3.05) is 13.6 Å². The van der Waals surface area contributed by atoms with E-state index in [1.807, 2.05) is 7.05 Å². The van der Waals surface area contributed by atoms with Crippen LogP contribution in [0.1, 0.15) is 41.8 Å². The summed E-state index contributed by atoms with van der Waals surface area (Å²) in [5, 5.41) is 3.04. The monoisotopic (exact) mass is 195 g/mol. The highest BCUT2D eigenvalue weighted by Gasteiger charge is 2.10. The zero-order valence-electron chi connectivity index (χ0n) is 8.92. The van der Waals surface area contributed by atoms with E-state index in [4.69, 9.17) is 0 Å². The zero-order chi connectivity index (χ0) is 10.6. The number of aldehydes is 1. The van der Waals surface area contributed by atoms with E-state index in [2.05, 4.69) is 29.1 Å². The maximum atomic E-state index is 10.7. The quantitative estimate of drug-likeness (QED) is 0.692. The summed E-state index contributed by atoms with van der Waals surface area (Å²) in [6, 6.07) is 0. The van der Waals surface area contributed by atoms with Crippen LogP contribution < -0.4 is 5.32 Å². The molecule has 0 saturated heterocycles. The molecule has 0 bridgehead atoms. The number of hydrogen-bond acceptors (Lipinski definition) is 3. The Kier molecular flexibility index (Phi) is 3.83. The number of carbonyl (C=O) groups excluding carboxylic acids is 1. The Labute approximate surface area is 84.1 Å². The summed E-state index contributed by atoms with van der Waals surface area (Å²) in [4.78, 5) is 18.1. The second-order valence-corrected chi connectivity index (χ2v) is 3.61. The number of H-pyrrole nitrogens is 1. The lowest BCUT2D eigenvalue weighted by Gasteiger charge is -1.98. The van der Waals surface area contributed by atoms with Gasteiger partial charge in [0.2, 0.25) is 0 Å². The molecule has 0 radical (unpaired) electrons. The molecule has 1 heterocycles. The van der Waals surface area contributed by atoms with Crippen LogP contribution in [0.3, 0.4) is 0 Å². The van der Waals surface area contributed by atoms with Gasteiger partial charge in [-0.15, -0.1) is 0 Å². The van der Waals surface area contributed by atoms with Gasteiger partial charge in [-0.1, -0.05) is 13.8 Å². The lowest BCUT2D eigenvalue weighted by atomic mass is 10.2. The van der Waals surface area contributed by atoms with Crippen molar-refractivity contribution in [1.82, 2.24) is 15.3 Å². The van der Waals surface area contributed by atoms with Crippen LogP contribution in [0.5, 0.6) is 0 Å². The third-order valence-electron chi connectivity index (χ3n) is 2.11. The van der Waals surface area contributed by atoms with E-state index < -0.39 is 0 Å². The first-order valence-electron chi connectivity index (χ1n) is 4.87. The van der Waals surface area contributed by atoms with Gasteiger partial charge in [-0.2, -0.15) is 0 Å². The van der Waals surface area contributed by atoms with Crippen LogP contribution in [0, 0.1) is 0 Å². The first-order chi connectivity index (χ1) is 6.69. The van der Waals surface area contributed by atoms with Crippen LogP contribution in [0.4, 0.5) is 0 Å². The van der Waals surface area contributed by atoms with Crippen LogP contribution in [0.2, 0.25) is 0 Å². The smallest absolute Gasteiger partial charge is 0.170 e. The highest BCUT2D eigenvalue weighted by atomic mass is 16.1. The fourth-order valence-corrected chi connectivity index (χ4v) is 1.26. The molecule has 0 saturated carbocycles. The summed E-state index contributed by atoms with van der Waals surface area (Å²) in [6.07, 6.45) is 1.62. The zero-order valence-corrected chi connectivity index (χ0v) is 8.92. The Morgan fingerprint density at radius 2 is 2.29 bits per heavy atom. The largest absolute Gasteiger partial charge is 0.345 e. The van der Waals surface area contributed by atoms with Gasteiger partial charge in [0, 0.05) is 24.6 Å². The fourth-order valence-electron chi connectivity index (χ4n) is 1.26. The number of hydrogen-bond donors (Lipinski definition) is 2. The highest BCUT2D eigenvalue weighted by molar-refractivity contribution is 5.73. The van der Waals surface area contributed by atoms with Gasteiger partial charge in [-0.3, -0.25) is 4.79 Å². The fraction of sp³-hybridized carbons (Fsp3) is 0.600. The van der Waals surface area contributed by atoms with Gasteiger partial charge in [-0.25, -0.2) is 4.98 Å². The Morgan fingerprint density at radius 3 is 2.79 bits per heavy atom. The van der Waals surface area contributed by atoms with Gasteiger partial charge in [-0.05, 0) is 7.05 Å². The predicted octanol–water partition coefficient (Wildman–Crippen LogP) is 1.11. The molecule has 1 rings (SSSR count). The summed E-state index contributed by atoms with van der Waals surface area (Å²) in [5.74, 6) is 1.22. The Hall–Kier alpha value is -1.16. The SMILES string of the molecule is CNCCc1[nH]c(C(C)C)nc1C=O. The van der Waals surface area contributed by atoms with Gasteiger partial charge in [0.05, 0.1) is 0 Å². The molecule has 0 unspecified atom stereocenters. The van der Waals surface area contributed by atoms with Gasteiger partial charge in [0.25, 0.3) is 0 Å². The second-order valence-electron chi connectivity index (χ2n) is 3.61. The van der Waals surface area contributed by atoms with Gasteiger partial charge >= 0.3 is 0 Å². The molecule has 1 aromatic heterocycles. The molecule has 0 atom stereocenters. The number of rotatable bonds is 5. The van der Waals surface area contributed by atoms with Gasteiger partial charge in [0.15, 0.2) is 6.29 Å². The van der Waals surface area contributed by atoms with E-state index in [9.17, 15) is 4.79 Å². The molecule has 0 amide bonds. The van der Waals surface area contributed by atoms with Crippen LogP contribution in [-0.2, 0) is 6.42 Å². The highest BCUT2D eigenvalue weighted by Crippen LogP contribution is 2.13. The van der Waals surface area contributed by atoms with Crippen LogP contribution in [0.15, 0.2) is 0 Å². The van der Waals surface area contributed by atoms with E-state index in [0.29, 0.717) is 11.6 Å². The van der Waals surface area contributed by atoms with Crippen molar-refractivity contribution in [1.29, 1.82) is 0 Å². The average Bonchev–Trinajstić information content (AvgIpc) is 2.57. The van der Waals surface area contributed by atoms with Crippen LogP contribution in [-0.4, -0.2) is 29.8 Å². The number of carbonyl (C=O) groups is 1. The molecule has 0 spiro atoms. The number of likely N-dealkylation sites (N-methyl/N-ethyl adjacent to an activating group) is 1. The molecule has 78 valence electrons. The normalized spacial score (nSPS) is 10.9. The Balaban J connectivity index is 2.84. The molecule has 4 nitrogen and oxygen atoms in total. The van der Waals surface area contributed by atoms with Crippen molar-refractivity contribution in [2.24, 2.45) is 0 Å². The molecule has 0 aromatic carbocycles. The van der Waals surface area contributed by atoms with E-state index in [1.165, 1.54) is 0 Å². The molecule has 0 aliphatic rings. The minimum Gasteiger partial charge on any atom is -0.345 e. The predicted molar refractivity (Wildman–Crippen MR) is 55.7 cm³/mol. The van der Waals surface area contributed by atoms with E-state index in [0.717, 1.165) is 30.8 Å². The van der Waals surface area contributed by atoms with E-state index in [1.54, 1.807) is 0 Å². The second kappa shape index (κ2) is 4.91. The third kappa shape index (κ3) is 2.42. The maximum Gasteiger partial charge on any atom is 0.170 e. The lowest BCUT2D eigenvalue weighted by Crippen LogP contribution is -2.11. The summed E-state index contributed by atoms with van der Waals surface area (Å²) in [6.45, 7) is 4.95. The summed E-state index contributed by atoms with van der Waals surface area (Å²) < 4.78 is 0. The van der Waals surface area contributed by atoms with Gasteiger partial charge < -0.3 is 10.3 Å².